The summed E-state index contributed by atoms with van der Waals surface area (Å²) in [5.74, 6) is -0.130. The molecule has 1 heterocycles. The van der Waals surface area contributed by atoms with Crippen molar-refractivity contribution in [1.82, 2.24) is 4.98 Å². The number of nitrogens with one attached hydrogen (secondary N) is 1. The molecule has 1 aromatic heterocycles. The fourth-order valence-electron chi connectivity index (χ4n) is 1.66. The summed E-state index contributed by atoms with van der Waals surface area (Å²) in [6, 6.07) is 8.60. The van der Waals surface area contributed by atoms with E-state index in [4.69, 9.17) is 4.74 Å². The number of benzene rings is 1. The number of aromatic nitrogens is 1. The van der Waals surface area contributed by atoms with Gasteiger partial charge in [-0.3, -0.25) is 4.98 Å². The molecule has 0 aliphatic rings. The van der Waals surface area contributed by atoms with E-state index in [-0.39, 0.29) is 11.6 Å². The van der Waals surface area contributed by atoms with Crippen LogP contribution >= 0.6 is 0 Å². The van der Waals surface area contributed by atoms with Crippen LogP contribution in [-0.2, 0) is 6.54 Å². The maximum Gasteiger partial charge on any atom is 0.165 e. The quantitative estimate of drug-likeness (QED) is 0.899. The molecule has 0 amide bonds. The fourth-order valence-corrected chi connectivity index (χ4v) is 1.66. The van der Waals surface area contributed by atoms with Gasteiger partial charge < -0.3 is 10.1 Å². The summed E-state index contributed by atoms with van der Waals surface area (Å²) < 4.78 is 18.2. The van der Waals surface area contributed by atoms with Crippen molar-refractivity contribution in [3.8, 4) is 5.75 Å². The Kier molecular flexibility index (Phi) is 3.77. The van der Waals surface area contributed by atoms with Crippen molar-refractivity contribution >= 4 is 5.69 Å². The van der Waals surface area contributed by atoms with E-state index in [9.17, 15) is 4.39 Å². The molecule has 4 heteroatoms. The predicted octanol–water partition coefficient (Wildman–Crippen LogP) is 3.15. The van der Waals surface area contributed by atoms with Crippen molar-refractivity contribution in [2.75, 3.05) is 12.4 Å². The Balaban J connectivity index is 2.09. The number of anilines is 1. The van der Waals surface area contributed by atoms with Crippen LogP contribution in [0.15, 0.2) is 36.5 Å². The average molecular weight is 246 g/mol. The average Bonchev–Trinajstić information content (AvgIpc) is 2.39. The molecule has 3 nitrogen and oxygen atoms in total. The van der Waals surface area contributed by atoms with Crippen LogP contribution in [0.2, 0.25) is 0 Å². The summed E-state index contributed by atoms with van der Waals surface area (Å²) in [7, 11) is 1.45. The second-order valence-corrected chi connectivity index (χ2v) is 3.97. The van der Waals surface area contributed by atoms with Gasteiger partial charge in [-0.25, -0.2) is 4.39 Å². The molecular weight excluding hydrogens is 231 g/mol. The monoisotopic (exact) mass is 246 g/mol. The van der Waals surface area contributed by atoms with E-state index >= 15 is 0 Å². The Morgan fingerprint density at radius 3 is 2.89 bits per heavy atom. The van der Waals surface area contributed by atoms with Gasteiger partial charge in [0.15, 0.2) is 11.6 Å². The number of hydrogen-bond acceptors (Lipinski definition) is 3. The van der Waals surface area contributed by atoms with E-state index in [1.807, 2.05) is 19.1 Å². The molecule has 0 aliphatic heterocycles. The summed E-state index contributed by atoms with van der Waals surface area (Å²) >= 11 is 0. The Morgan fingerprint density at radius 1 is 1.33 bits per heavy atom. The van der Waals surface area contributed by atoms with Crippen LogP contribution in [0.3, 0.4) is 0 Å². The number of rotatable bonds is 4. The first kappa shape index (κ1) is 12.4. The molecule has 0 fully saturated rings. The number of nitrogens with zero attached hydrogens (tertiary/aromatic N) is 1. The van der Waals surface area contributed by atoms with E-state index in [0.717, 1.165) is 16.9 Å². The Labute approximate surface area is 106 Å². The van der Waals surface area contributed by atoms with Crippen molar-refractivity contribution in [3.63, 3.8) is 0 Å². The summed E-state index contributed by atoms with van der Waals surface area (Å²) in [6.45, 7) is 2.61. The van der Waals surface area contributed by atoms with Gasteiger partial charge >= 0.3 is 0 Å². The molecule has 1 N–H and O–H groups in total. The second-order valence-electron chi connectivity index (χ2n) is 3.97. The van der Waals surface area contributed by atoms with E-state index < -0.39 is 0 Å². The van der Waals surface area contributed by atoms with Crippen LogP contribution in [0.5, 0.6) is 5.75 Å². The van der Waals surface area contributed by atoms with Crippen LogP contribution in [0.1, 0.15) is 11.3 Å². The highest BCUT2D eigenvalue weighted by Crippen LogP contribution is 2.21. The molecule has 0 bridgehead atoms. The Bertz CT molecular complexity index is 543. The summed E-state index contributed by atoms with van der Waals surface area (Å²) in [4.78, 5) is 4.29. The first-order valence-electron chi connectivity index (χ1n) is 5.68. The van der Waals surface area contributed by atoms with E-state index in [2.05, 4.69) is 10.3 Å². The third-order valence-electron chi connectivity index (χ3n) is 2.73. The van der Waals surface area contributed by atoms with Gasteiger partial charge in [-0.15, -0.1) is 0 Å². The van der Waals surface area contributed by atoms with Crippen LogP contribution in [0.25, 0.3) is 0 Å². The summed E-state index contributed by atoms with van der Waals surface area (Å²) in [5.41, 5.74) is 2.90. The lowest BCUT2D eigenvalue weighted by Crippen LogP contribution is -2.03. The van der Waals surface area contributed by atoms with Crippen LogP contribution < -0.4 is 10.1 Å². The zero-order chi connectivity index (χ0) is 13.0. The zero-order valence-electron chi connectivity index (χ0n) is 10.4. The van der Waals surface area contributed by atoms with Crippen LogP contribution in [0.4, 0.5) is 10.1 Å². The maximum atomic E-state index is 13.2. The third-order valence-corrected chi connectivity index (χ3v) is 2.73. The highest BCUT2D eigenvalue weighted by Gasteiger charge is 2.04. The van der Waals surface area contributed by atoms with Gasteiger partial charge in [0.2, 0.25) is 0 Å². The minimum atomic E-state index is -0.364. The molecule has 0 saturated carbocycles. The molecule has 94 valence electrons. The number of hydrogen-bond donors (Lipinski definition) is 1. The zero-order valence-corrected chi connectivity index (χ0v) is 10.4. The Hall–Kier alpha value is -2.10. The number of methoxy groups -OCH3 is 1. The molecule has 0 saturated heterocycles. The number of aryl methyl sites for hydroxylation is 1. The highest BCUT2D eigenvalue weighted by molar-refractivity contribution is 5.49. The van der Waals surface area contributed by atoms with Gasteiger partial charge in [0, 0.05) is 18.0 Å². The van der Waals surface area contributed by atoms with Crippen molar-refractivity contribution in [3.05, 3.63) is 53.6 Å². The van der Waals surface area contributed by atoms with Gasteiger partial charge in [0.1, 0.15) is 0 Å². The molecule has 2 rings (SSSR count). The maximum absolute atomic E-state index is 13.2. The lowest BCUT2D eigenvalue weighted by molar-refractivity contribution is 0.387. The highest BCUT2D eigenvalue weighted by atomic mass is 19.1. The van der Waals surface area contributed by atoms with E-state index in [1.54, 1.807) is 18.3 Å². The fraction of sp³-hybridized carbons (Fsp3) is 0.214. The molecule has 18 heavy (non-hydrogen) atoms. The summed E-state index contributed by atoms with van der Waals surface area (Å²) in [5, 5.41) is 3.19. The minimum Gasteiger partial charge on any atom is -0.494 e. The van der Waals surface area contributed by atoms with Gasteiger partial charge in [-0.05, 0) is 30.7 Å². The van der Waals surface area contributed by atoms with Gasteiger partial charge in [0.05, 0.1) is 19.3 Å². The second kappa shape index (κ2) is 5.49. The van der Waals surface area contributed by atoms with Gasteiger partial charge in [0.25, 0.3) is 0 Å². The lowest BCUT2D eigenvalue weighted by atomic mass is 10.2. The predicted molar refractivity (Wildman–Crippen MR) is 69.3 cm³/mol. The van der Waals surface area contributed by atoms with Gasteiger partial charge in [-0.2, -0.15) is 0 Å². The van der Waals surface area contributed by atoms with Crippen LogP contribution in [-0.4, -0.2) is 12.1 Å². The normalized spacial score (nSPS) is 10.2. The van der Waals surface area contributed by atoms with Gasteiger partial charge in [-0.1, -0.05) is 6.07 Å². The van der Waals surface area contributed by atoms with E-state index in [1.165, 1.54) is 13.2 Å². The summed E-state index contributed by atoms with van der Waals surface area (Å²) in [6.07, 6.45) is 1.76. The third kappa shape index (κ3) is 2.77. The number of halogens is 1. The first-order valence-corrected chi connectivity index (χ1v) is 5.68. The van der Waals surface area contributed by atoms with Crippen molar-refractivity contribution in [2.45, 2.75) is 13.5 Å². The smallest absolute Gasteiger partial charge is 0.165 e. The standard InChI is InChI=1S/C14H15FN2O/c1-10-4-3-7-16-13(10)9-17-11-5-6-12(15)14(8-11)18-2/h3-8,17H,9H2,1-2H3. The van der Waals surface area contributed by atoms with Crippen molar-refractivity contribution in [2.24, 2.45) is 0 Å². The SMILES string of the molecule is COc1cc(NCc2ncccc2C)ccc1F. The molecule has 0 spiro atoms. The largest absolute Gasteiger partial charge is 0.494 e. The molecule has 0 unspecified atom stereocenters. The Morgan fingerprint density at radius 2 is 2.17 bits per heavy atom. The molecule has 0 radical (unpaired) electrons. The molecule has 0 aliphatic carbocycles. The van der Waals surface area contributed by atoms with Crippen molar-refractivity contribution < 1.29 is 9.13 Å². The number of ether oxygens (including phenoxy) is 1. The topological polar surface area (TPSA) is 34.1 Å². The lowest BCUT2D eigenvalue weighted by Gasteiger charge is -2.09. The molecular formula is C14H15FN2O. The number of pyridine rings is 1. The minimum absolute atomic E-state index is 0.234. The first-order chi connectivity index (χ1) is 8.70. The van der Waals surface area contributed by atoms with Crippen LogP contribution in [0, 0.1) is 12.7 Å². The molecule has 1 aromatic carbocycles. The molecule has 2 aromatic rings. The van der Waals surface area contributed by atoms with Crippen molar-refractivity contribution in [1.29, 1.82) is 0 Å². The molecule has 0 atom stereocenters. The van der Waals surface area contributed by atoms with E-state index in [0.29, 0.717) is 6.54 Å².